The van der Waals surface area contributed by atoms with Crippen molar-refractivity contribution in [3.05, 3.63) is 41.4 Å². The summed E-state index contributed by atoms with van der Waals surface area (Å²) in [6, 6.07) is 7.33. The van der Waals surface area contributed by atoms with Crippen molar-refractivity contribution in [1.29, 1.82) is 0 Å². The first-order valence-electron chi connectivity index (χ1n) is 10.2. The van der Waals surface area contributed by atoms with Crippen molar-refractivity contribution in [2.45, 2.75) is 57.4 Å². The van der Waals surface area contributed by atoms with Gasteiger partial charge in [0.05, 0.1) is 0 Å². The van der Waals surface area contributed by atoms with Gasteiger partial charge in [-0.2, -0.15) is 0 Å². The van der Waals surface area contributed by atoms with Gasteiger partial charge in [-0.3, -0.25) is 9.59 Å². The normalized spacial score (nSPS) is 23.3. The average molecular weight is 399 g/mol. The molecule has 0 unspecified atom stereocenters. The van der Waals surface area contributed by atoms with E-state index in [2.05, 4.69) is 4.98 Å². The molecule has 2 aromatic rings. The molecule has 2 fully saturated rings. The van der Waals surface area contributed by atoms with Gasteiger partial charge < -0.3 is 9.64 Å². The molecule has 2 aliphatic rings. The van der Waals surface area contributed by atoms with Crippen molar-refractivity contribution >= 4 is 23.0 Å². The minimum absolute atomic E-state index is 0.00514. The number of likely N-dealkylation sites (tertiary alicyclic amines) is 1. The van der Waals surface area contributed by atoms with Gasteiger partial charge in [-0.25, -0.2) is 4.98 Å². The van der Waals surface area contributed by atoms with Crippen LogP contribution in [0.4, 0.5) is 0 Å². The highest BCUT2D eigenvalue weighted by molar-refractivity contribution is 7.11. The Hall–Kier alpha value is -2.21. The first kappa shape index (κ1) is 19.1. The van der Waals surface area contributed by atoms with Crippen LogP contribution in [-0.2, 0) is 4.79 Å². The summed E-state index contributed by atoms with van der Waals surface area (Å²) in [7, 11) is 0. The van der Waals surface area contributed by atoms with Crippen molar-refractivity contribution in [3.63, 3.8) is 0 Å². The third kappa shape index (κ3) is 4.27. The number of thiazole rings is 1. The van der Waals surface area contributed by atoms with E-state index in [9.17, 15) is 9.59 Å². The highest BCUT2D eigenvalue weighted by Crippen LogP contribution is 2.33. The van der Waals surface area contributed by atoms with Gasteiger partial charge >= 0.3 is 0 Å². The number of aromatic nitrogens is 1. The number of carbonyl (C=O) groups excluding carboxylic acids is 2. The predicted molar refractivity (Wildman–Crippen MR) is 109 cm³/mol. The average Bonchev–Trinajstić information content (AvgIpc) is 3.10. The number of nitrogens with zero attached hydrogens (tertiary/aromatic N) is 2. The van der Waals surface area contributed by atoms with E-state index in [1.54, 1.807) is 12.3 Å². The smallest absolute Gasteiger partial charge is 0.278 e. The highest BCUT2D eigenvalue weighted by atomic mass is 32.1. The van der Waals surface area contributed by atoms with E-state index in [1.165, 1.54) is 11.3 Å². The monoisotopic (exact) mass is 398 g/mol. The van der Waals surface area contributed by atoms with Crippen LogP contribution in [0.3, 0.4) is 0 Å². The minimum Gasteiger partial charge on any atom is -0.431 e. The lowest BCUT2D eigenvalue weighted by molar-refractivity contribution is -0.126. The molecule has 1 saturated heterocycles. The summed E-state index contributed by atoms with van der Waals surface area (Å²) < 4.78 is 5.76. The van der Waals surface area contributed by atoms with Gasteiger partial charge in [0.1, 0.15) is 11.5 Å². The molecule has 28 heavy (non-hydrogen) atoms. The maximum Gasteiger partial charge on any atom is 0.278 e. The molecule has 2 atom stereocenters. The van der Waals surface area contributed by atoms with E-state index < -0.39 is 0 Å². The van der Waals surface area contributed by atoms with Crippen LogP contribution in [0.25, 0.3) is 0 Å². The number of amides is 1. The molecule has 1 aromatic carbocycles. The largest absolute Gasteiger partial charge is 0.431 e. The molecule has 1 aliphatic heterocycles. The second-order valence-corrected chi connectivity index (χ2v) is 8.52. The van der Waals surface area contributed by atoms with Crippen molar-refractivity contribution in [2.75, 3.05) is 6.54 Å². The summed E-state index contributed by atoms with van der Waals surface area (Å²) in [5.41, 5.74) is 0.615. The SMILES string of the molecule is O=C1CCCC[C@H]1[C@H]1CCCCCN1C(=O)c1cccc(Oc2nccs2)c1. The lowest BCUT2D eigenvalue weighted by Crippen LogP contribution is -2.47. The van der Waals surface area contributed by atoms with E-state index in [-0.39, 0.29) is 17.9 Å². The topological polar surface area (TPSA) is 59.5 Å². The van der Waals surface area contributed by atoms with Gasteiger partial charge in [-0.05, 0) is 43.9 Å². The molecule has 1 amide bonds. The van der Waals surface area contributed by atoms with Gasteiger partial charge in [0.15, 0.2) is 0 Å². The van der Waals surface area contributed by atoms with Crippen molar-refractivity contribution in [2.24, 2.45) is 5.92 Å². The van der Waals surface area contributed by atoms with E-state index in [1.807, 2.05) is 28.5 Å². The molecule has 0 bridgehead atoms. The van der Waals surface area contributed by atoms with Crippen LogP contribution < -0.4 is 4.74 Å². The molecule has 0 spiro atoms. The summed E-state index contributed by atoms with van der Waals surface area (Å²) in [6.45, 7) is 0.727. The molecule has 5 nitrogen and oxygen atoms in total. The number of ether oxygens (including phenoxy) is 1. The fourth-order valence-corrected chi connectivity index (χ4v) is 4.95. The number of Topliss-reactive ketones (excluding diaryl/α,β-unsaturated/α-hetero) is 1. The molecule has 1 aromatic heterocycles. The second-order valence-electron chi connectivity index (χ2n) is 7.66. The predicted octanol–water partition coefficient (Wildman–Crippen LogP) is 5.08. The first-order chi connectivity index (χ1) is 13.7. The fourth-order valence-electron chi connectivity index (χ4n) is 4.44. The van der Waals surface area contributed by atoms with Crippen LogP contribution in [0.15, 0.2) is 35.8 Å². The molecule has 0 N–H and O–H groups in total. The van der Waals surface area contributed by atoms with Gasteiger partial charge in [-0.1, -0.05) is 36.7 Å². The van der Waals surface area contributed by atoms with Gasteiger partial charge in [0.2, 0.25) is 0 Å². The fraction of sp³-hybridized carbons (Fsp3) is 0.500. The van der Waals surface area contributed by atoms with Crippen LogP contribution in [0.1, 0.15) is 61.7 Å². The van der Waals surface area contributed by atoms with Crippen LogP contribution in [0.2, 0.25) is 0 Å². The summed E-state index contributed by atoms with van der Waals surface area (Å²) in [4.78, 5) is 32.1. The third-order valence-corrected chi connectivity index (χ3v) is 6.47. The van der Waals surface area contributed by atoms with Crippen LogP contribution in [0.5, 0.6) is 10.9 Å². The third-order valence-electron chi connectivity index (χ3n) is 5.82. The lowest BCUT2D eigenvalue weighted by atomic mass is 9.80. The summed E-state index contributed by atoms with van der Waals surface area (Å²) >= 11 is 1.42. The number of benzene rings is 1. The molecule has 1 aliphatic carbocycles. The Labute approximate surface area is 169 Å². The molecule has 148 valence electrons. The quantitative estimate of drug-likeness (QED) is 0.721. The lowest BCUT2D eigenvalue weighted by Gasteiger charge is -2.37. The molecule has 6 heteroatoms. The Balaban J connectivity index is 1.56. The summed E-state index contributed by atoms with van der Waals surface area (Å²) in [6.07, 6.45) is 9.49. The molecule has 2 heterocycles. The Morgan fingerprint density at radius 1 is 1.14 bits per heavy atom. The van der Waals surface area contributed by atoms with Crippen molar-refractivity contribution in [1.82, 2.24) is 9.88 Å². The second kappa shape index (κ2) is 8.86. The Morgan fingerprint density at radius 3 is 2.86 bits per heavy atom. The minimum atomic E-state index is 0.00514. The standard InChI is InChI=1S/C22H26N2O3S/c25-20-11-4-3-9-18(20)19-10-2-1-5-13-24(19)21(26)16-7-6-8-17(15-16)27-22-23-12-14-28-22/h6-8,12,14-15,18-19H,1-5,9-11,13H2/t18-,19+/m0/s1. The van der Waals surface area contributed by atoms with E-state index in [0.29, 0.717) is 28.7 Å². The van der Waals surface area contributed by atoms with Gasteiger partial charge in [0.25, 0.3) is 11.1 Å². The van der Waals surface area contributed by atoms with E-state index >= 15 is 0 Å². The number of rotatable bonds is 4. The zero-order chi connectivity index (χ0) is 19.3. The summed E-state index contributed by atoms with van der Waals surface area (Å²) in [5, 5.41) is 2.41. The molecule has 1 saturated carbocycles. The Bertz CT molecular complexity index is 821. The number of ketones is 1. The first-order valence-corrected chi connectivity index (χ1v) is 11.1. The maximum absolute atomic E-state index is 13.4. The Morgan fingerprint density at radius 2 is 2.04 bits per heavy atom. The Kier molecular flexibility index (Phi) is 6.05. The van der Waals surface area contributed by atoms with Crippen LogP contribution in [-0.4, -0.2) is 34.2 Å². The number of carbonyl (C=O) groups is 2. The number of hydrogen-bond donors (Lipinski definition) is 0. The van der Waals surface area contributed by atoms with E-state index in [0.717, 1.165) is 51.5 Å². The highest BCUT2D eigenvalue weighted by Gasteiger charge is 2.37. The number of hydrogen-bond acceptors (Lipinski definition) is 5. The van der Waals surface area contributed by atoms with Crippen LogP contribution >= 0.6 is 11.3 Å². The molecular formula is C22H26N2O3S. The molecule has 0 radical (unpaired) electrons. The summed E-state index contributed by atoms with van der Waals surface area (Å²) in [5.74, 6) is 0.970. The van der Waals surface area contributed by atoms with E-state index in [4.69, 9.17) is 4.74 Å². The van der Waals surface area contributed by atoms with Crippen LogP contribution in [0, 0.1) is 5.92 Å². The zero-order valence-corrected chi connectivity index (χ0v) is 16.8. The van der Waals surface area contributed by atoms with Crippen molar-refractivity contribution < 1.29 is 14.3 Å². The maximum atomic E-state index is 13.4. The van der Waals surface area contributed by atoms with Gasteiger partial charge in [0, 0.05) is 42.1 Å². The van der Waals surface area contributed by atoms with Gasteiger partial charge in [-0.15, -0.1) is 0 Å². The molecular weight excluding hydrogens is 372 g/mol. The van der Waals surface area contributed by atoms with Crippen molar-refractivity contribution in [3.8, 4) is 10.9 Å². The zero-order valence-electron chi connectivity index (χ0n) is 16.0. The molecule has 4 rings (SSSR count).